The summed E-state index contributed by atoms with van der Waals surface area (Å²) in [5.41, 5.74) is 14.8. The molecule has 0 aromatic heterocycles. The molecule has 0 saturated carbocycles. The van der Waals surface area contributed by atoms with E-state index in [1.165, 1.54) is 25.2 Å². The number of hydrazone groups is 1. The van der Waals surface area contributed by atoms with Gasteiger partial charge in [-0.2, -0.15) is 0 Å². The van der Waals surface area contributed by atoms with Crippen molar-refractivity contribution in [2.75, 3.05) is 7.05 Å². The van der Waals surface area contributed by atoms with Gasteiger partial charge in [-0.1, -0.05) is 30.1 Å². The van der Waals surface area contributed by atoms with Crippen LogP contribution in [0.15, 0.2) is 40.3 Å². The first-order valence-corrected chi connectivity index (χ1v) is 10.1. The van der Waals surface area contributed by atoms with Gasteiger partial charge in [-0.3, -0.25) is 9.59 Å². The Labute approximate surface area is 195 Å². The number of carbonyl (C=O) groups is 2. The summed E-state index contributed by atoms with van der Waals surface area (Å²) in [6.45, 7) is 3.65. The van der Waals surface area contributed by atoms with Crippen molar-refractivity contribution >= 4 is 54.1 Å². The van der Waals surface area contributed by atoms with Crippen LogP contribution in [0.4, 0.5) is 4.39 Å². The van der Waals surface area contributed by atoms with E-state index >= 15 is 0 Å². The minimum atomic E-state index is -0.792. The Morgan fingerprint density at radius 1 is 1.32 bits per heavy atom. The minimum Gasteiger partial charge on any atom is -0.410 e. The lowest BCUT2D eigenvalue weighted by Gasteiger charge is -2.22. The van der Waals surface area contributed by atoms with Crippen molar-refractivity contribution in [1.82, 2.24) is 5.43 Å². The van der Waals surface area contributed by atoms with Crippen molar-refractivity contribution in [1.29, 1.82) is 0 Å². The van der Waals surface area contributed by atoms with E-state index < -0.39 is 23.7 Å². The third-order valence-electron chi connectivity index (χ3n) is 4.29. The Morgan fingerprint density at radius 2 is 1.97 bits per heavy atom. The molecule has 2 aromatic carbocycles. The molecule has 0 radical (unpaired) electrons. The third-order valence-corrected chi connectivity index (χ3v) is 5.32. The van der Waals surface area contributed by atoms with Gasteiger partial charge < -0.3 is 21.6 Å². The average Bonchev–Trinajstić information content (AvgIpc) is 2.72. The largest absolute Gasteiger partial charge is 0.410 e. The zero-order chi connectivity index (χ0) is 23.7. The van der Waals surface area contributed by atoms with Crippen LogP contribution in [0.5, 0.6) is 0 Å². The summed E-state index contributed by atoms with van der Waals surface area (Å²) in [5.74, 6) is -1.42. The first-order chi connectivity index (χ1) is 14.5. The van der Waals surface area contributed by atoms with Crippen LogP contribution in [-0.2, 0) is 9.53 Å². The summed E-state index contributed by atoms with van der Waals surface area (Å²) in [6.07, 6.45) is 0. The van der Waals surface area contributed by atoms with Crippen molar-refractivity contribution in [3.63, 3.8) is 0 Å². The minimum absolute atomic E-state index is 0.0197. The van der Waals surface area contributed by atoms with E-state index in [0.29, 0.717) is 31.6 Å². The van der Waals surface area contributed by atoms with E-state index in [1.807, 2.05) is 0 Å². The Kier molecular flexibility index (Phi) is 10.8. The van der Waals surface area contributed by atoms with Gasteiger partial charge in [-0.25, -0.2) is 4.39 Å². The van der Waals surface area contributed by atoms with Crippen molar-refractivity contribution in [3.05, 3.63) is 62.9 Å². The Morgan fingerprint density at radius 3 is 2.48 bits per heavy atom. The zero-order valence-corrected chi connectivity index (χ0v) is 19.4. The maximum absolute atomic E-state index is 14.0. The van der Waals surface area contributed by atoms with Crippen LogP contribution in [0, 0.1) is 12.7 Å². The fourth-order valence-corrected chi connectivity index (χ4v) is 3.25. The number of hydrogen-bond acceptors (Lipinski definition) is 7. The smallest absolute Gasteiger partial charge is 0.299 e. The third kappa shape index (κ3) is 7.39. The lowest BCUT2D eigenvalue weighted by molar-refractivity contribution is -0.121. The van der Waals surface area contributed by atoms with Gasteiger partial charge in [0.1, 0.15) is 5.82 Å². The maximum atomic E-state index is 14.0. The van der Waals surface area contributed by atoms with Gasteiger partial charge in [-0.15, -0.1) is 17.7 Å². The van der Waals surface area contributed by atoms with Gasteiger partial charge in [0.25, 0.3) is 6.47 Å². The molecule has 2 atom stereocenters. The van der Waals surface area contributed by atoms with E-state index in [-0.39, 0.29) is 12.4 Å². The Bertz CT molecular complexity index is 976. The van der Waals surface area contributed by atoms with Crippen LogP contribution in [0.25, 0.3) is 0 Å². The first kappa shape index (κ1) is 26.7. The summed E-state index contributed by atoms with van der Waals surface area (Å²) >= 11 is 15.6. The molecule has 0 aliphatic heterocycles. The Balaban J connectivity index is 0.000000367. The molecule has 0 aliphatic carbocycles. The lowest BCUT2D eigenvalue weighted by atomic mass is 9.90. The molecule has 0 spiro atoms. The quantitative estimate of drug-likeness (QED) is 0.162. The monoisotopic (exact) mass is 488 g/mol. The van der Waals surface area contributed by atoms with Crippen LogP contribution < -0.4 is 16.9 Å². The van der Waals surface area contributed by atoms with Gasteiger partial charge in [-0.05, 0) is 48.4 Å². The number of nitrogens with one attached hydrogen (secondary N) is 1. The number of hydrogen-bond donors (Lipinski definition) is 4. The molecule has 2 rings (SSSR count). The molecule has 0 aliphatic rings. The van der Waals surface area contributed by atoms with E-state index in [0.717, 1.165) is 0 Å². The summed E-state index contributed by atoms with van der Waals surface area (Å²) in [6, 6.07) is 6.75. The van der Waals surface area contributed by atoms with Crippen molar-refractivity contribution in [2.24, 2.45) is 16.6 Å². The molecule has 11 heteroatoms. The molecular formula is C20H23Cl2FN4O3S. The fraction of sp³-hybridized carbons (Fsp3) is 0.250. The number of nitrogens with two attached hydrogens (primary N) is 2. The number of carbonyl (C=O) groups excluding carboxylic acids is 2. The molecule has 0 saturated heterocycles. The summed E-state index contributed by atoms with van der Waals surface area (Å²) in [7, 11) is 1.54. The van der Waals surface area contributed by atoms with Crippen LogP contribution in [0.3, 0.4) is 0 Å². The number of rotatable bonds is 6. The highest BCUT2D eigenvalue weighted by Crippen LogP contribution is 2.30. The van der Waals surface area contributed by atoms with E-state index in [4.69, 9.17) is 39.4 Å². The average molecular weight is 489 g/mol. The van der Waals surface area contributed by atoms with Gasteiger partial charge >= 0.3 is 0 Å². The van der Waals surface area contributed by atoms with E-state index in [1.54, 1.807) is 26.0 Å². The number of amides is 1. The lowest BCUT2D eigenvalue weighted by Crippen LogP contribution is -2.38. The molecular weight excluding hydrogens is 466 g/mol. The summed E-state index contributed by atoms with van der Waals surface area (Å²) < 4.78 is 18.7. The topological polar surface area (TPSA) is 120 Å². The fourth-order valence-electron chi connectivity index (χ4n) is 2.67. The predicted molar refractivity (Wildman–Crippen MR) is 123 cm³/mol. The molecule has 0 heterocycles. The van der Waals surface area contributed by atoms with Crippen molar-refractivity contribution < 1.29 is 18.7 Å². The van der Waals surface area contributed by atoms with Gasteiger partial charge in [0.2, 0.25) is 11.8 Å². The molecule has 0 bridgehead atoms. The second-order valence-electron chi connectivity index (χ2n) is 6.30. The summed E-state index contributed by atoms with van der Waals surface area (Å²) in [5, 5.41) is 4.71. The Hall–Kier alpha value is -2.33. The summed E-state index contributed by atoms with van der Waals surface area (Å²) in [4.78, 5) is 21.7. The second-order valence-corrected chi connectivity index (χ2v) is 7.62. The van der Waals surface area contributed by atoms with E-state index in [9.17, 15) is 14.0 Å². The maximum Gasteiger partial charge on any atom is 0.299 e. The molecule has 168 valence electrons. The highest BCUT2D eigenvalue weighted by Gasteiger charge is 2.26. The normalized spacial score (nSPS) is 12.8. The van der Waals surface area contributed by atoms with Crippen LogP contribution in [0.2, 0.25) is 10.0 Å². The van der Waals surface area contributed by atoms with Gasteiger partial charge in [0, 0.05) is 27.9 Å². The molecule has 2 aromatic rings. The number of benzene rings is 2. The number of ether oxygens (including phenoxy) is 1. The van der Waals surface area contributed by atoms with Crippen LogP contribution >= 0.6 is 35.8 Å². The molecule has 1 amide bonds. The van der Waals surface area contributed by atoms with Gasteiger partial charge in [0.05, 0.1) is 11.6 Å². The number of primary amides is 1. The van der Waals surface area contributed by atoms with Crippen molar-refractivity contribution in [2.45, 2.75) is 30.7 Å². The number of thiol groups is 1. The molecule has 31 heavy (non-hydrogen) atoms. The molecule has 0 fully saturated rings. The highest BCUT2D eigenvalue weighted by atomic mass is 35.5. The number of nitrogens with zero attached hydrogens (tertiary/aromatic N) is 1. The SMILES string of the molecule is CN/N=C(\OC=O)C(N)C(C)c1c(F)ccc(Cl)c1C.NC(=O)c1cc(Cl)ccc1S. The standard InChI is InChI=1S/C13H17ClFN3O2.C7H6ClNOS/c1-7-9(14)4-5-10(15)11(7)8(2)12(16)13(18-17-3)20-6-19;8-4-1-2-6(11)5(3-4)7(9)10/h4-6,8,12,17H,16H2,1-3H3;1-3,11H,(H2,9,10)/b18-13-;. The first-order valence-electron chi connectivity index (χ1n) is 8.88. The van der Waals surface area contributed by atoms with E-state index in [2.05, 4.69) is 23.2 Å². The van der Waals surface area contributed by atoms with Crippen molar-refractivity contribution in [3.8, 4) is 0 Å². The zero-order valence-electron chi connectivity index (χ0n) is 17.0. The second kappa shape index (κ2) is 12.5. The molecule has 7 nitrogen and oxygen atoms in total. The predicted octanol–water partition coefficient (Wildman–Crippen LogP) is 3.65. The molecule has 2 unspecified atom stereocenters. The van der Waals surface area contributed by atoms with Gasteiger partial charge in [0.15, 0.2) is 0 Å². The molecule has 5 N–H and O–H groups in total. The van der Waals surface area contributed by atoms with Crippen LogP contribution in [0.1, 0.15) is 34.3 Å². The van der Waals surface area contributed by atoms with Crippen LogP contribution in [-0.4, -0.2) is 31.4 Å². The number of halogens is 3. The highest BCUT2D eigenvalue weighted by molar-refractivity contribution is 7.80.